The zero-order valence-electron chi connectivity index (χ0n) is 11.5. The SMILES string of the molecule is OCCC[C@H]1CCCCN1Cc1c(Cl)ccc(O)c1Cl. The number of aliphatic hydroxyl groups excluding tert-OH is 1. The van der Waals surface area contributed by atoms with Gasteiger partial charge >= 0.3 is 0 Å². The van der Waals surface area contributed by atoms with E-state index in [2.05, 4.69) is 4.90 Å². The van der Waals surface area contributed by atoms with E-state index in [1.54, 1.807) is 6.07 Å². The fourth-order valence-electron chi connectivity index (χ4n) is 2.86. The summed E-state index contributed by atoms with van der Waals surface area (Å²) in [4.78, 5) is 2.37. The van der Waals surface area contributed by atoms with Crippen molar-refractivity contribution in [2.24, 2.45) is 0 Å². The molecule has 2 N–H and O–H groups in total. The van der Waals surface area contributed by atoms with Gasteiger partial charge in [0.15, 0.2) is 0 Å². The molecule has 1 aromatic carbocycles. The zero-order valence-corrected chi connectivity index (χ0v) is 13.0. The number of aromatic hydroxyl groups is 1. The summed E-state index contributed by atoms with van der Waals surface area (Å²) in [6.07, 6.45) is 5.36. The quantitative estimate of drug-likeness (QED) is 0.867. The fraction of sp³-hybridized carbons (Fsp3) is 0.600. The van der Waals surface area contributed by atoms with E-state index in [4.69, 9.17) is 28.3 Å². The van der Waals surface area contributed by atoms with E-state index in [1.807, 2.05) is 0 Å². The normalized spacial score (nSPS) is 20.2. The van der Waals surface area contributed by atoms with Crippen LogP contribution >= 0.6 is 23.2 Å². The molecule has 1 aliphatic heterocycles. The minimum Gasteiger partial charge on any atom is -0.506 e. The van der Waals surface area contributed by atoms with E-state index >= 15 is 0 Å². The van der Waals surface area contributed by atoms with Crippen molar-refractivity contribution >= 4 is 23.2 Å². The van der Waals surface area contributed by atoms with Gasteiger partial charge in [0.1, 0.15) is 5.75 Å². The summed E-state index contributed by atoms with van der Waals surface area (Å²) in [5.74, 6) is 0.0787. The molecule has 0 aromatic heterocycles. The van der Waals surface area contributed by atoms with Crippen molar-refractivity contribution in [1.29, 1.82) is 0 Å². The second-order valence-electron chi connectivity index (χ2n) is 5.34. The zero-order chi connectivity index (χ0) is 14.5. The standard InChI is InChI=1S/C15H21Cl2NO2/c16-13-6-7-14(20)15(17)12(13)10-18-8-2-1-4-11(18)5-3-9-19/h6-7,11,19-20H,1-5,8-10H2/t11-/m1/s1. The molecule has 1 aliphatic rings. The molecule has 3 nitrogen and oxygen atoms in total. The predicted molar refractivity (Wildman–Crippen MR) is 82.5 cm³/mol. The Bertz CT molecular complexity index is 454. The monoisotopic (exact) mass is 317 g/mol. The molecule has 0 aliphatic carbocycles. The molecule has 1 atom stereocenters. The first kappa shape index (κ1) is 15.9. The summed E-state index contributed by atoms with van der Waals surface area (Å²) in [6, 6.07) is 3.67. The molecule has 0 radical (unpaired) electrons. The third-order valence-corrected chi connectivity index (χ3v) is 4.75. The van der Waals surface area contributed by atoms with Crippen LogP contribution in [0.5, 0.6) is 5.75 Å². The molecule has 0 amide bonds. The Balaban J connectivity index is 2.12. The number of hydrogen-bond acceptors (Lipinski definition) is 3. The van der Waals surface area contributed by atoms with Gasteiger partial charge in [-0.3, -0.25) is 4.90 Å². The summed E-state index contributed by atoms with van der Waals surface area (Å²) in [5, 5.41) is 19.7. The van der Waals surface area contributed by atoms with Gasteiger partial charge in [-0.05, 0) is 44.4 Å². The average Bonchev–Trinajstić information content (AvgIpc) is 2.46. The number of rotatable bonds is 5. The maximum absolute atomic E-state index is 9.72. The van der Waals surface area contributed by atoms with Crippen molar-refractivity contribution < 1.29 is 10.2 Å². The minimum absolute atomic E-state index is 0.0787. The second kappa shape index (κ2) is 7.51. The highest BCUT2D eigenvalue weighted by Crippen LogP contribution is 2.35. The largest absolute Gasteiger partial charge is 0.506 e. The number of aliphatic hydroxyl groups is 1. The average molecular weight is 318 g/mol. The van der Waals surface area contributed by atoms with Crippen molar-refractivity contribution in [2.45, 2.75) is 44.7 Å². The molecule has 5 heteroatoms. The molecule has 0 unspecified atom stereocenters. The van der Waals surface area contributed by atoms with E-state index in [9.17, 15) is 5.11 Å². The van der Waals surface area contributed by atoms with Gasteiger partial charge in [-0.25, -0.2) is 0 Å². The van der Waals surface area contributed by atoms with Gasteiger partial charge in [0.05, 0.1) is 5.02 Å². The summed E-state index contributed by atoms with van der Waals surface area (Å²) in [6.45, 7) is 1.90. The molecule has 1 saturated heterocycles. The molecule has 0 bridgehead atoms. The lowest BCUT2D eigenvalue weighted by Gasteiger charge is -2.36. The first-order valence-corrected chi connectivity index (χ1v) is 7.90. The first-order valence-electron chi connectivity index (χ1n) is 7.14. The molecular formula is C15H21Cl2NO2. The fourth-order valence-corrected chi connectivity index (χ4v) is 3.35. The topological polar surface area (TPSA) is 43.7 Å². The minimum atomic E-state index is 0.0787. The van der Waals surface area contributed by atoms with Crippen LogP contribution in [0.3, 0.4) is 0 Å². The van der Waals surface area contributed by atoms with Crippen LogP contribution in [0.1, 0.15) is 37.7 Å². The molecule has 1 heterocycles. The van der Waals surface area contributed by atoms with E-state index in [1.165, 1.54) is 18.9 Å². The van der Waals surface area contributed by atoms with Crippen molar-refractivity contribution in [1.82, 2.24) is 4.90 Å². The van der Waals surface area contributed by atoms with Crippen LogP contribution in [0.4, 0.5) is 0 Å². The number of benzene rings is 1. The van der Waals surface area contributed by atoms with Gasteiger partial charge in [-0.2, -0.15) is 0 Å². The van der Waals surface area contributed by atoms with Gasteiger partial charge in [0.2, 0.25) is 0 Å². The number of phenols is 1. The summed E-state index contributed by atoms with van der Waals surface area (Å²) in [7, 11) is 0. The third-order valence-electron chi connectivity index (χ3n) is 3.97. The molecule has 1 aromatic rings. The van der Waals surface area contributed by atoms with Crippen molar-refractivity contribution in [3.63, 3.8) is 0 Å². The van der Waals surface area contributed by atoms with Crippen molar-refractivity contribution in [3.05, 3.63) is 27.7 Å². The third kappa shape index (κ3) is 3.79. The van der Waals surface area contributed by atoms with Gasteiger partial charge < -0.3 is 10.2 Å². The number of hydrogen-bond donors (Lipinski definition) is 2. The number of phenolic OH excluding ortho intramolecular Hbond substituents is 1. The van der Waals surface area contributed by atoms with Crippen LogP contribution in [0.25, 0.3) is 0 Å². The highest BCUT2D eigenvalue weighted by Gasteiger charge is 2.24. The maximum Gasteiger partial charge on any atom is 0.134 e. The Hall–Kier alpha value is -0.480. The molecule has 1 fully saturated rings. The highest BCUT2D eigenvalue weighted by molar-refractivity contribution is 6.36. The summed E-state index contributed by atoms with van der Waals surface area (Å²) in [5.41, 5.74) is 0.796. The van der Waals surface area contributed by atoms with Crippen LogP contribution in [-0.2, 0) is 6.54 Å². The lowest BCUT2D eigenvalue weighted by Crippen LogP contribution is -2.39. The van der Waals surface area contributed by atoms with E-state index in [0.29, 0.717) is 22.6 Å². The number of piperidine rings is 1. The molecule has 20 heavy (non-hydrogen) atoms. The van der Waals surface area contributed by atoms with E-state index < -0.39 is 0 Å². The van der Waals surface area contributed by atoms with Crippen LogP contribution in [0.2, 0.25) is 10.0 Å². The smallest absolute Gasteiger partial charge is 0.134 e. The summed E-state index contributed by atoms with van der Waals surface area (Å²) < 4.78 is 0. The van der Waals surface area contributed by atoms with Crippen molar-refractivity contribution in [3.8, 4) is 5.75 Å². The number of likely N-dealkylation sites (tertiary alicyclic amines) is 1. The van der Waals surface area contributed by atoms with Gasteiger partial charge in [0, 0.05) is 29.8 Å². The highest BCUT2D eigenvalue weighted by atomic mass is 35.5. The van der Waals surface area contributed by atoms with Gasteiger partial charge in [-0.1, -0.05) is 29.6 Å². The van der Waals surface area contributed by atoms with E-state index in [0.717, 1.165) is 31.4 Å². The lowest BCUT2D eigenvalue weighted by atomic mass is 9.97. The van der Waals surface area contributed by atoms with Gasteiger partial charge in [0.25, 0.3) is 0 Å². The van der Waals surface area contributed by atoms with Crippen LogP contribution in [-0.4, -0.2) is 34.3 Å². The predicted octanol–water partition coefficient (Wildman–Crippen LogP) is 3.83. The van der Waals surface area contributed by atoms with Gasteiger partial charge in [-0.15, -0.1) is 0 Å². The Morgan fingerprint density at radius 2 is 2.05 bits per heavy atom. The molecule has 2 rings (SSSR count). The number of nitrogens with zero attached hydrogens (tertiary/aromatic N) is 1. The van der Waals surface area contributed by atoms with Crippen LogP contribution < -0.4 is 0 Å². The Labute approximate surface area is 130 Å². The molecule has 0 spiro atoms. The molecule has 0 saturated carbocycles. The Morgan fingerprint density at radius 3 is 2.80 bits per heavy atom. The lowest BCUT2D eigenvalue weighted by molar-refractivity contribution is 0.124. The summed E-state index contributed by atoms with van der Waals surface area (Å²) >= 11 is 12.4. The van der Waals surface area contributed by atoms with E-state index in [-0.39, 0.29) is 12.4 Å². The Kier molecular flexibility index (Phi) is 5.97. The molecular weight excluding hydrogens is 297 g/mol. The molecule has 112 valence electrons. The van der Waals surface area contributed by atoms with Crippen LogP contribution in [0, 0.1) is 0 Å². The number of halogens is 2. The Morgan fingerprint density at radius 1 is 1.25 bits per heavy atom. The first-order chi connectivity index (χ1) is 9.63. The maximum atomic E-state index is 9.72. The van der Waals surface area contributed by atoms with Crippen molar-refractivity contribution in [2.75, 3.05) is 13.2 Å². The van der Waals surface area contributed by atoms with Crippen LogP contribution in [0.15, 0.2) is 12.1 Å². The second-order valence-corrected chi connectivity index (χ2v) is 6.13.